The molecule has 1 nitrogen and oxygen atoms in total. The SMILES string of the molecule is C[NH3+].[Br][Pb+]([Br])[Br]. The average Bonchev–Trinajstić information content (AvgIpc) is 1.41. The Hall–Kier alpha value is 2.32. The first-order chi connectivity index (χ1) is 2.73. The van der Waals surface area contributed by atoms with Crippen LogP contribution in [0, 0.1) is 0 Å². The van der Waals surface area contributed by atoms with Crippen molar-refractivity contribution in [1.82, 2.24) is 0 Å². The van der Waals surface area contributed by atoms with Crippen molar-refractivity contribution in [3.05, 3.63) is 0 Å². The fourth-order valence-corrected chi connectivity index (χ4v) is 0. The molecular formula is CH6Br3NPb+2. The first-order valence-electron chi connectivity index (χ1n) is 1.27. The predicted octanol–water partition coefficient (Wildman–Crippen LogP) is 1.01. The molecule has 0 radical (unpaired) electrons. The molecule has 0 atom stereocenters. The third-order valence-corrected chi connectivity index (χ3v) is 0. The van der Waals surface area contributed by atoms with Crippen molar-refractivity contribution >= 4 is 51.4 Å². The van der Waals surface area contributed by atoms with Gasteiger partial charge in [-0.15, -0.1) is 0 Å². The van der Waals surface area contributed by atoms with E-state index in [1.165, 1.54) is 0 Å². The molecule has 0 heterocycles. The molecule has 0 aliphatic heterocycles. The van der Waals surface area contributed by atoms with Crippen molar-refractivity contribution < 1.29 is 5.73 Å². The average molecular weight is 479 g/mol. The molecule has 0 aromatic rings. The second-order valence-electron chi connectivity index (χ2n) is 0.214. The summed E-state index contributed by atoms with van der Waals surface area (Å²) in [5.41, 5.74) is 3.25. The van der Waals surface area contributed by atoms with Crippen molar-refractivity contribution in [2.75, 3.05) is 7.05 Å². The molecule has 0 rings (SSSR count). The maximum atomic E-state index is 3.32. The molecule has 0 aliphatic carbocycles. The molecule has 0 fully saturated rings. The van der Waals surface area contributed by atoms with E-state index in [0.717, 1.165) is 0 Å². The zero-order chi connectivity index (χ0) is 5.58. The van der Waals surface area contributed by atoms with Crippen LogP contribution in [0.1, 0.15) is 0 Å². The Morgan fingerprint density at radius 2 is 1.17 bits per heavy atom. The second kappa shape index (κ2) is 10.3. The van der Waals surface area contributed by atoms with Gasteiger partial charge in [0.05, 0.1) is 7.05 Å². The molecule has 5 heteroatoms. The summed E-state index contributed by atoms with van der Waals surface area (Å²) < 4.78 is 0. The van der Waals surface area contributed by atoms with E-state index in [0.29, 0.717) is 0 Å². The summed E-state index contributed by atoms with van der Waals surface area (Å²) in [6.45, 7) is 0. The van der Waals surface area contributed by atoms with E-state index in [1.54, 1.807) is 7.05 Å². The zero-order valence-corrected chi connectivity index (χ0v) is 12.0. The van der Waals surface area contributed by atoms with Gasteiger partial charge in [0.2, 0.25) is 0 Å². The van der Waals surface area contributed by atoms with Crippen LogP contribution in [0.25, 0.3) is 0 Å². The first-order valence-corrected chi connectivity index (χ1v) is 26.6. The van der Waals surface area contributed by atoms with Gasteiger partial charge in [-0.05, 0) is 0 Å². The maximum absolute atomic E-state index is 3.32. The summed E-state index contributed by atoms with van der Waals surface area (Å²) in [4.78, 5) is 0. The van der Waals surface area contributed by atoms with Crippen LogP contribution in [0.2, 0.25) is 0 Å². The molecule has 0 unspecified atom stereocenters. The topological polar surface area (TPSA) is 27.6 Å². The van der Waals surface area contributed by atoms with E-state index in [2.05, 4.69) is 41.7 Å². The Morgan fingerprint density at radius 1 is 1.17 bits per heavy atom. The third kappa shape index (κ3) is 33.2. The molecule has 38 valence electrons. The Morgan fingerprint density at radius 3 is 1.17 bits per heavy atom. The van der Waals surface area contributed by atoms with E-state index in [9.17, 15) is 0 Å². The van der Waals surface area contributed by atoms with Crippen LogP contribution < -0.4 is 5.73 Å². The molecule has 0 aliphatic rings. The van der Waals surface area contributed by atoms with Gasteiger partial charge >= 0.3 is 51.4 Å². The van der Waals surface area contributed by atoms with E-state index in [1.807, 2.05) is 0 Å². The normalized spacial score (nSPS) is 5.50. The molecule has 6 heavy (non-hydrogen) atoms. The minimum absolute atomic E-state index is 1.22. The van der Waals surface area contributed by atoms with E-state index in [-0.39, 0.29) is 0 Å². The van der Waals surface area contributed by atoms with Gasteiger partial charge in [-0.2, -0.15) is 0 Å². The van der Waals surface area contributed by atoms with Crippen molar-refractivity contribution in [2.45, 2.75) is 0 Å². The molecular weight excluding hydrogens is 473 g/mol. The monoisotopic (exact) mass is 477 g/mol. The van der Waals surface area contributed by atoms with Crippen LogP contribution in [0.15, 0.2) is 0 Å². The number of quaternary nitrogens is 1. The Balaban J connectivity index is 0. The standard InChI is InChI=1S/CH5N.3BrH.Pb/c1-2;;;;/h2H2,1H3;3*1H;/q;;;;+4/p-2. The van der Waals surface area contributed by atoms with Crippen LogP contribution in [0.4, 0.5) is 0 Å². The van der Waals surface area contributed by atoms with Gasteiger partial charge in [-0.3, -0.25) is 0 Å². The van der Waals surface area contributed by atoms with Crippen molar-refractivity contribution in [2.24, 2.45) is 0 Å². The summed E-state index contributed by atoms with van der Waals surface area (Å²) in [5.74, 6) is 0. The summed E-state index contributed by atoms with van der Waals surface area (Å²) in [6, 6.07) is 0. The minimum atomic E-state index is -1.22. The molecule has 0 bridgehead atoms. The quantitative estimate of drug-likeness (QED) is 0.503. The third-order valence-electron chi connectivity index (χ3n) is 0. The summed E-state index contributed by atoms with van der Waals surface area (Å²) >= 11 is 8.73. The molecule has 0 amide bonds. The number of rotatable bonds is 0. The Labute approximate surface area is 63.1 Å². The fourth-order valence-electron chi connectivity index (χ4n) is 0. The summed E-state index contributed by atoms with van der Waals surface area (Å²) in [5, 5.41) is 0. The predicted molar refractivity (Wildman–Crippen MR) is 41.3 cm³/mol. The number of hydrogen-bond acceptors (Lipinski definition) is 0. The molecule has 0 aromatic carbocycles. The fraction of sp³-hybridized carbons (Fsp3) is 1.00. The van der Waals surface area contributed by atoms with Gasteiger partial charge in [0, 0.05) is 0 Å². The van der Waals surface area contributed by atoms with Crippen molar-refractivity contribution in [3.63, 3.8) is 0 Å². The van der Waals surface area contributed by atoms with Gasteiger partial charge in [0.15, 0.2) is 0 Å². The Kier molecular flexibility index (Phi) is 19.2. The molecule has 0 saturated heterocycles. The van der Waals surface area contributed by atoms with Gasteiger partial charge in [0.25, 0.3) is 0 Å². The van der Waals surface area contributed by atoms with Gasteiger partial charge in [-0.25, -0.2) is 0 Å². The van der Waals surface area contributed by atoms with Gasteiger partial charge < -0.3 is 5.73 Å². The Bertz CT molecular complexity index is 15.5. The summed E-state index contributed by atoms with van der Waals surface area (Å²) in [6.07, 6.45) is 0. The number of hydrogen-bond donors (Lipinski definition) is 1. The zero-order valence-electron chi connectivity index (χ0n) is 3.34. The number of halogens is 3. The van der Waals surface area contributed by atoms with Crippen LogP contribution in [-0.2, 0) is 0 Å². The van der Waals surface area contributed by atoms with E-state index < -0.39 is 15.5 Å². The van der Waals surface area contributed by atoms with Crippen molar-refractivity contribution in [3.8, 4) is 0 Å². The van der Waals surface area contributed by atoms with Crippen LogP contribution in [0.3, 0.4) is 0 Å². The van der Waals surface area contributed by atoms with Crippen LogP contribution >= 0.6 is 36.0 Å². The molecule has 0 spiro atoms. The second-order valence-corrected chi connectivity index (χ2v) is 50.8. The van der Waals surface area contributed by atoms with E-state index in [4.69, 9.17) is 0 Å². The van der Waals surface area contributed by atoms with Crippen LogP contribution in [-0.4, -0.2) is 22.5 Å². The summed E-state index contributed by atoms with van der Waals surface area (Å²) in [7, 11) is 1.75. The molecule has 3 N–H and O–H groups in total. The molecule has 0 saturated carbocycles. The van der Waals surface area contributed by atoms with Crippen LogP contribution in [0.5, 0.6) is 0 Å². The van der Waals surface area contributed by atoms with E-state index >= 15 is 0 Å². The van der Waals surface area contributed by atoms with Gasteiger partial charge in [-0.1, -0.05) is 0 Å². The molecule has 0 aromatic heterocycles. The van der Waals surface area contributed by atoms with Crippen molar-refractivity contribution in [1.29, 1.82) is 0 Å². The first kappa shape index (κ1) is 11.2. The van der Waals surface area contributed by atoms with Gasteiger partial charge in [0.1, 0.15) is 0 Å².